The van der Waals surface area contributed by atoms with Crippen molar-refractivity contribution in [1.82, 2.24) is 9.38 Å². The Balaban J connectivity index is 1.92. The molecule has 0 spiro atoms. The molecule has 0 saturated carbocycles. The van der Waals surface area contributed by atoms with Crippen molar-refractivity contribution in [3.05, 3.63) is 59.4 Å². The minimum absolute atomic E-state index is 0.0534. The maximum atomic E-state index is 15.0. The van der Waals surface area contributed by atoms with Crippen LogP contribution in [0.25, 0.3) is 4.96 Å². The molecular weight excluding hydrogens is 261 g/mol. The highest BCUT2D eigenvalue weighted by Crippen LogP contribution is 2.29. The smallest absolute Gasteiger partial charge is 0.193 e. The van der Waals surface area contributed by atoms with Crippen LogP contribution < -0.4 is 5.73 Å². The van der Waals surface area contributed by atoms with Gasteiger partial charge in [0.1, 0.15) is 0 Å². The Bertz CT molecular complexity index is 648. The summed E-state index contributed by atoms with van der Waals surface area (Å²) < 4.78 is 16.9. The average molecular weight is 275 g/mol. The fourth-order valence-electron chi connectivity index (χ4n) is 2.18. The number of thiazole rings is 1. The van der Waals surface area contributed by atoms with Gasteiger partial charge in [-0.1, -0.05) is 30.3 Å². The molecule has 0 amide bonds. The largest absolute Gasteiger partial charge is 0.327 e. The first-order valence-corrected chi connectivity index (χ1v) is 6.95. The molecule has 0 saturated heterocycles. The van der Waals surface area contributed by atoms with Gasteiger partial charge >= 0.3 is 0 Å². The van der Waals surface area contributed by atoms with E-state index < -0.39 is 5.67 Å². The maximum absolute atomic E-state index is 15.0. The van der Waals surface area contributed by atoms with E-state index in [2.05, 4.69) is 4.98 Å². The van der Waals surface area contributed by atoms with Gasteiger partial charge in [0.15, 0.2) is 10.6 Å². The second-order valence-electron chi connectivity index (χ2n) is 4.54. The van der Waals surface area contributed by atoms with Gasteiger partial charge in [-0.05, 0) is 5.56 Å². The van der Waals surface area contributed by atoms with Crippen molar-refractivity contribution >= 4 is 16.3 Å². The lowest BCUT2D eigenvalue weighted by Crippen LogP contribution is -2.32. The summed E-state index contributed by atoms with van der Waals surface area (Å²) in [5.74, 6) is 0. The predicted molar refractivity (Wildman–Crippen MR) is 75.1 cm³/mol. The van der Waals surface area contributed by atoms with E-state index in [9.17, 15) is 0 Å². The number of rotatable bonds is 4. The van der Waals surface area contributed by atoms with Crippen molar-refractivity contribution in [3.63, 3.8) is 0 Å². The first-order valence-electron chi connectivity index (χ1n) is 6.07. The summed E-state index contributed by atoms with van der Waals surface area (Å²) >= 11 is 1.54. The topological polar surface area (TPSA) is 43.3 Å². The van der Waals surface area contributed by atoms with Gasteiger partial charge in [0.05, 0.1) is 5.69 Å². The highest BCUT2D eigenvalue weighted by molar-refractivity contribution is 7.15. The number of hydrogen-bond donors (Lipinski definition) is 1. The molecule has 3 nitrogen and oxygen atoms in total. The van der Waals surface area contributed by atoms with E-state index in [0.717, 1.165) is 10.7 Å². The lowest BCUT2D eigenvalue weighted by atomic mass is 9.91. The molecule has 2 heterocycles. The molecule has 1 unspecified atom stereocenters. The summed E-state index contributed by atoms with van der Waals surface area (Å²) in [7, 11) is 0. The summed E-state index contributed by atoms with van der Waals surface area (Å²) in [6.07, 6.45) is 3.97. The first kappa shape index (κ1) is 12.3. The standard InChI is InChI=1S/C14H14FN3S/c15-14(10-16,11-4-2-1-3-5-11)8-12-9-18-6-7-19-13(18)17-12/h1-7,9H,8,10,16H2. The first-order chi connectivity index (χ1) is 9.21. The Morgan fingerprint density at radius 3 is 2.79 bits per heavy atom. The Morgan fingerprint density at radius 2 is 2.11 bits per heavy atom. The van der Waals surface area contributed by atoms with Crippen molar-refractivity contribution < 1.29 is 4.39 Å². The molecule has 1 atom stereocenters. The highest BCUT2D eigenvalue weighted by atomic mass is 32.1. The number of benzene rings is 1. The van der Waals surface area contributed by atoms with Gasteiger partial charge in [0.25, 0.3) is 0 Å². The van der Waals surface area contributed by atoms with Crippen LogP contribution >= 0.6 is 11.3 Å². The Kier molecular flexibility index (Phi) is 3.08. The van der Waals surface area contributed by atoms with Crippen LogP contribution in [0.5, 0.6) is 0 Å². The summed E-state index contributed by atoms with van der Waals surface area (Å²) in [4.78, 5) is 5.29. The molecule has 98 valence electrons. The predicted octanol–water partition coefficient (Wildman–Crippen LogP) is 2.76. The third-order valence-electron chi connectivity index (χ3n) is 3.22. The van der Waals surface area contributed by atoms with Crippen LogP contribution in [0.2, 0.25) is 0 Å². The fraction of sp³-hybridized carbons (Fsp3) is 0.214. The summed E-state index contributed by atoms with van der Waals surface area (Å²) in [6.45, 7) is -0.0534. The van der Waals surface area contributed by atoms with Crippen molar-refractivity contribution in [2.45, 2.75) is 12.1 Å². The average Bonchev–Trinajstić information content (AvgIpc) is 3.00. The summed E-state index contributed by atoms with van der Waals surface area (Å²) in [5.41, 5.74) is 5.42. The maximum Gasteiger partial charge on any atom is 0.193 e. The number of fused-ring (bicyclic) bond motifs is 1. The van der Waals surface area contributed by atoms with Crippen LogP contribution in [-0.4, -0.2) is 15.9 Å². The van der Waals surface area contributed by atoms with Crippen LogP contribution in [0.1, 0.15) is 11.3 Å². The molecule has 0 radical (unpaired) electrons. The Hall–Kier alpha value is -1.72. The highest BCUT2D eigenvalue weighted by Gasteiger charge is 2.31. The van der Waals surface area contributed by atoms with E-state index in [4.69, 9.17) is 5.73 Å². The van der Waals surface area contributed by atoms with Crippen molar-refractivity contribution in [2.75, 3.05) is 6.54 Å². The number of nitrogens with zero attached hydrogens (tertiary/aromatic N) is 2. The lowest BCUT2D eigenvalue weighted by molar-refractivity contribution is 0.174. The van der Waals surface area contributed by atoms with E-state index in [0.29, 0.717) is 5.56 Å². The van der Waals surface area contributed by atoms with Gasteiger partial charge in [0, 0.05) is 30.7 Å². The molecule has 2 aromatic heterocycles. The fourth-order valence-corrected chi connectivity index (χ4v) is 2.90. The van der Waals surface area contributed by atoms with E-state index in [1.54, 1.807) is 12.1 Å². The molecule has 0 bridgehead atoms. The van der Waals surface area contributed by atoms with Gasteiger partial charge < -0.3 is 5.73 Å². The van der Waals surface area contributed by atoms with Crippen LogP contribution in [0.3, 0.4) is 0 Å². The third kappa shape index (κ3) is 2.27. The number of hydrogen-bond acceptors (Lipinski definition) is 3. The van der Waals surface area contributed by atoms with E-state index in [1.165, 1.54) is 11.3 Å². The zero-order valence-electron chi connectivity index (χ0n) is 10.3. The Morgan fingerprint density at radius 1 is 1.32 bits per heavy atom. The zero-order valence-corrected chi connectivity index (χ0v) is 11.1. The van der Waals surface area contributed by atoms with Gasteiger partial charge in [-0.3, -0.25) is 4.40 Å². The van der Waals surface area contributed by atoms with Crippen LogP contribution in [0, 0.1) is 0 Å². The minimum Gasteiger partial charge on any atom is -0.327 e. The quantitative estimate of drug-likeness (QED) is 0.795. The van der Waals surface area contributed by atoms with Crippen molar-refractivity contribution in [3.8, 4) is 0 Å². The zero-order chi connectivity index (χ0) is 13.3. The van der Waals surface area contributed by atoms with Gasteiger partial charge in [-0.2, -0.15) is 0 Å². The van der Waals surface area contributed by atoms with Gasteiger partial charge in [0.2, 0.25) is 0 Å². The molecule has 3 rings (SSSR count). The molecule has 2 N–H and O–H groups in total. The monoisotopic (exact) mass is 275 g/mol. The number of alkyl halides is 1. The number of imidazole rings is 1. The minimum atomic E-state index is -1.56. The molecular formula is C14H14FN3S. The molecule has 0 aliphatic rings. The normalized spacial score (nSPS) is 14.6. The number of halogens is 1. The van der Waals surface area contributed by atoms with Crippen LogP contribution in [0.4, 0.5) is 4.39 Å². The van der Waals surface area contributed by atoms with Gasteiger partial charge in [-0.25, -0.2) is 9.37 Å². The van der Waals surface area contributed by atoms with Crippen LogP contribution in [0.15, 0.2) is 48.1 Å². The van der Waals surface area contributed by atoms with Crippen molar-refractivity contribution in [1.29, 1.82) is 0 Å². The summed E-state index contributed by atoms with van der Waals surface area (Å²) in [6, 6.07) is 9.06. The van der Waals surface area contributed by atoms with E-state index in [-0.39, 0.29) is 13.0 Å². The van der Waals surface area contributed by atoms with Crippen molar-refractivity contribution in [2.24, 2.45) is 5.73 Å². The second kappa shape index (κ2) is 4.75. The van der Waals surface area contributed by atoms with Gasteiger partial charge in [-0.15, -0.1) is 11.3 Å². The molecule has 0 aliphatic heterocycles. The molecule has 0 fully saturated rings. The molecule has 5 heteroatoms. The number of aromatic nitrogens is 2. The third-order valence-corrected chi connectivity index (χ3v) is 3.99. The van der Waals surface area contributed by atoms with E-state index >= 15 is 4.39 Å². The lowest BCUT2D eigenvalue weighted by Gasteiger charge is -2.23. The Labute approximate surface area is 114 Å². The molecule has 19 heavy (non-hydrogen) atoms. The number of nitrogens with two attached hydrogens (primary N) is 1. The van der Waals surface area contributed by atoms with E-state index in [1.807, 2.05) is 40.4 Å². The molecule has 3 aromatic rings. The van der Waals surface area contributed by atoms with Crippen LogP contribution in [-0.2, 0) is 12.1 Å². The second-order valence-corrected chi connectivity index (χ2v) is 5.41. The SMILES string of the molecule is NCC(F)(Cc1cn2ccsc2n1)c1ccccc1. The summed E-state index contributed by atoms with van der Waals surface area (Å²) in [5, 5.41) is 1.95. The molecule has 1 aromatic carbocycles. The molecule has 0 aliphatic carbocycles.